The van der Waals surface area contributed by atoms with Crippen LogP contribution in [0.5, 0.6) is 0 Å². The van der Waals surface area contributed by atoms with Crippen molar-refractivity contribution < 1.29 is 5.11 Å². The molecule has 5 nitrogen and oxygen atoms in total. The standard InChI is InChI=1S/C13H26N4OS/c1-13(2,3)10-17(7-6-8-18)9-11-14-12(16(4)5)19-15-11/h18H,6-10H2,1-5H3. The van der Waals surface area contributed by atoms with Crippen LogP contribution in [0.3, 0.4) is 0 Å². The second-order valence-electron chi connectivity index (χ2n) is 6.24. The molecule has 1 rings (SSSR count). The van der Waals surface area contributed by atoms with Crippen molar-refractivity contribution in [3.05, 3.63) is 5.82 Å². The van der Waals surface area contributed by atoms with E-state index in [1.165, 1.54) is 11.5 Å². The molecule has 0 aliphatic rings. The van der Waals surface area contributed by atoms with Crippen molar-refractivity contribution in [2.75, 3.05) is 38.7 Å². The van der Waals surface area contributed by atoms with Crippen LogP contribution in [-0.2, 0) is 6.54 Å². The summed E-state index contributed by atoms with van der Waals surface area (Å²) in [6.45, 7) is 9.50. The molecule has 19 heavy (non-hydrogen) atoms. The molecule has 1 aromatic heterocycles. The molecule has 0 fully saturated rings. The van der Waals surface area contributed by atoms with Crippen LogP contribution < -0.4 is 4.90 Å². The molecule has 0 bridgehead atoms. The summed E-state index contributed by atoms with van der Waals surface area (Å²) in [4.78, 5) is 8.81. The lowest BCUT2D eigenvalue weighted by Crippen LogP contribution is -2.33. The van der Waals surface area contributed by atoms with Gasteiger partial charge in [0.05, 0.1) is 6.54 Å². The van der Waals surface area contributed by atoms with Crippen LogP contribution in [0, 0.1) is 5.41 Å². The van der Waals surface area contributed by atoms with Gasteiger partial charge in [-0.05, 0) is 11.8 Å². The zero-order chi connectivity index (χ0) is 14.5. The molecule has 0 spiro atoms. The quantitative estimate of drug-likeness (QED) is 0.829. The van der Waals surface area contributed by atoms with Crippen LogP contribution in [0.1, 0.15) is 33.0 Å². The number of anilines is 1. The van der Waals surface area contributed by atoms with Gasteiger partial charge in [-0.25, -0.2) is 4.98 Å². The summed E-state index contributed by atoms with van der Waals surface area (Å²) in [5, 5.41) is 9.93. The van der Waals surface area contributed by atoms with Crippen molar-refractivity contribution in [1.29, 1.82) is 0 Å². The van der Waals surface area contributed by atoms with Crippen molar-refractivity contribution in [2.24, 2.45) is 5.41 Å². The van der Waals surface area contributed by atoms with Gasteiger partial charge in [-0.3, -0.25) is 4.90 Å². The second-order valence-corrected chi connectivity index (χ2v) is 6.97. The zero-order valence-electron chi connectivity index (χ0n) is 12.7. The van der Waals surface area contributed by atoms with E-state index in [0.717, 1.165) is 37.0 Å². The third kappa shape index (κ3) is 6.31. The number of hydrogen-bond acceptors (Lipinski definition) is 6. The summed E-state index contributed by atoms with van der Waals surface area (Å²) in [5.41, 5.74) is 0.232. The third-order valence-electron chi connectivity index (χ3n) is 2.54. The predicted octanol–water partition coefficient (Wildman–Crippen LogP) is 1.83. The fourth-order valence-electron chi connectivity index (χ4n) is 1.87. The number of nitrogens with zero attached hydrogens (tertiary/aromatic N) is 4. The van der Waals surface area contributed by atoms with Gasteiger partial charge >= 0.3 is 0 Å². The van der Waals surface area contributed by atoms with Gasteiger partial charge < -0.3 is 10.0 Å². The molecule has 0 atom stereocenters. The van der Waals surface area contributed by atoms with Crippen molar-refractivity contribution >= 4 is 16.7 Å². The van der Waals surface area contributed by atoms with E-state index in [1.807, 2.05) is 19.0 Å². The Bertz CT molecular complexity index is 373. The van der Waals surface area contributed by atoms with E-state index in [1.54, 1.807) is 0 Å². The molecule has 0 aromatic carbocycles. The highest BCUT2D eigenvalue weighted by atomic mass is 32.1. The molecule has 0 unspecified atom stereocenters. The summed E-state index contributed by atoms with van der Waals surface area (Å²) in [6.07, 6.45) is 0.792. The minimum atomic E-state index is 0.230. The first kappa shape index (κ1) is 16.3. The van der Waals surface area contributed by atoms with Crippen LogP contribution in [0.25, 0.3) is 0 Å². The minimum absolute atomic E-state index is 0.230. The number of hydrogen-bond donors (Lipinski definition) is 1. The van der Waals surface area contributed by atoms with E-state index >= 15 is 0 Å². The average molecular weight is 286 g/mol. The minimum Gasteiger partial charge on any atom is -0.396 e. The van der Waals surface area contributed by atoms with Gasteiger partial charge in [-0.2, -0.15) is 4.37 Å². The maximum absolute atomic E-state index is 8.99. The fourth-order valence-corrected chi connectivity index (χ4v) is 2.46. The number of aromatic nitrogens is 2. The molecule has 110 valence electrons. The molecule has 0 saturated heterocycles. The molecule has 0 amide bonds. The Morgan fingerprint density at radius 3 is 2.42 bits per heavy atom. The van der Waals surface area contributed by atoms with Gasteiger partial charge in [-0.15, -0.1) is 0 Å². The third-order valence-corrected chi connectivity index (χ3v) is 3.46. The predicted molar refractivity (Wildman–Crippen MR) is 80.7 cm³/mol. The summed E-state index contributed by atoms with van der Waals surface area (Å²) >= 11 is 1.43. The topological polar surface area (TPSA) is 52.5 Å². The lowest BCUT2D eigenvalue weighted by molar-refractivity contribution is 0.163. The van der Waals surface area contributed by atoms with Crippen molar-refractivity contribution in [2.45, 2.75) is 33.7 Å². The highest BCUT2D eigenvalue weighted by Crippen LogP contribution is 2.19. The van der Waals surface area contributed by atoms with E-state index < -0.39 is 0 Å². The monoisotopic (exact) mass is 286 g/mol. The van der Waals surface area contributed by atoms with E-state index in [2.05, 4.69) is 35.0 Å². The first-order valence-electron chi connectivity index (χ1n) is 6.65. The molecule has 0 aliphatic carbocycles. The molecule has 0 radical (unpaired) electrons. The Morgan fingerprint density at radius 1 is 1.26 bits per heavy atom. The average Bonchev–Trinajstić information content (AvgIpc) is 2.72. The summed E-state index contributed by atoms with van der Waals surface area (Å²) in [7, 11) is 3.95. The Balaban J connectivity index is 2.64. The molecule has 6 heteroatoms. The smallest absolute Gasteiger partial charge is 0.204 e. The molecular weight excluding hydrogens is 260 g/mol. The van der Waals surface area contributed by atoms with E-state index in [0.29, 0.717) is 0 Å². The van der Waals surface area contributed by atoms with E-state index in [4.69, 9.17) is 5.11 Å². The van der Waals surface area contributed by atoms with Gasteiger partial charge in [0.25, 0.3) is 0 Å². The summed E-state index contributed by atoms with van der Waals surface area (Å²) in [6, 6.07) is 0. The molecule has 1 aromatic rings. The molecular formula is C13H26N4OS. The van der Waals surface area contributed by atoms with Crippen LogP contribution in [0.2, 0.25) is 0 Å². The second kappa shape index (κ2) is 7.17. The van der Waals surface area contributed by atoms with Crippen LogP contribution >= 0.6 is 11.5 Å². The summed E-state index contributed by atoms with van der Waals surface area (Å²) < 4.78 is 4.40. The van der Waals surface area contributed by atoms with Gasteiger partial charge in [0.1, 0.15) is 0 Å². The first-order valence-corrected chi connectivity index (χ1v) is 7.42. The van der Waals surface area contributed by atoms with Gasteiger partial charge in [-0.1, -0.05) is 20.8 Å². The van der Waals surface area contributed by atoms with Crippen LogP contribution in [0.15, 0.2) is 0 Å². The maximum Gasteiger partial charge on any atom is 0.204 e. The maximum atomic E-state index is 8.99. The first-order chi connectivity index (χ1) is 8.81. The van der Waals surface area contributed by atoms with Crippen molar-refractivity contribution in [1.82, 2.24) is 14.3 Å². The molecule has 0 saturated carbocycles. The van der Waals surface area contributed by atoms with Crippen molar-refractivity contribution in [3.63, 3.8) is 0 Å². The van der Waals surface area contributed by atoms with Gasteiger partial charge in [0, 0.05) is 45.3 Å². The molecule has 1 heterocycles. The molecule has 0 aliphatic heterocycles. The number of aliphatic hydroxyl groups is 1. The zero-order valence-corrected chi connectivity index (χ0v) is 13.5. The lowest BCUT2D eigenvalue weighted by Gasteiger charge is -2.28. The van der Waals surface area contributed by atoms with Gasteiger partial charge in [0.15, 0.2) is 5.82 Å². The van der Waals surface area contributed by atoms with Crippen LogP contribution in [0.4, 0.5) is 5.13 Å². The number of rotatable bonds is 7. The molecule has 1 N–H and O–H groups in total. The Kier molecular flexibility index (Phi) is 6.16. The van der Waals surface area contributed by atoms with Crippen molar-refractivity contribution in [3.8, 4) is 0 Å². The fraction of sp³-hybridized carbons (Fsp3) is 0.846. The van der Waals surface area contributed by atoms with Gasteiger partial charge in [0.2, 0.25) is 5.13 Å². The Hall–Kier alpha value is -0.720. The van der Waals surface area contributed by atoms with E-state index in [-0.39, 0.29) is 12.0 Å². The SMILES string of the molecule is CN(C)c1nc(CN(CCCO)CC(C)(C)C)ns1. The lowest BCUT2D eigenvalue weighted by atomic mass is 9.96. The van der Waals surface area contributed by atoms with Crippen LogP contribution in [-0.4, -0.2) is 53.2 Å². The largest absolute Gasteiger partial charge is 0.396 e. The Labute approximate surface area is 120 Å². The Morgan fingerprint density at radius 2 is 1.95 bits per heavy atom. The summed E-state index contributed by atoms with van der Waals surface area (Å²) in [5.74, 6) is 0.871. The highest BCUT2D eigenvalue weighted by molar-refractivity contribution is 7.09. The highest BCUT2D eigenvalue weighted by Gasteiger charge is 2.18. The normalized spacial score (nSPS) is 12.2. The van der Waals surface area contributed by atoms with E-state index in [9.17, 15) is 0 Å². The number of aliphatic hydroxyl groups excluding tert-OH is 1.